The zero-order valence-electron chi connectivity index (χ0n) is 15.1. The lowest BCUT2D eigenvalue weighted by Gasteiger charge is -2.29. The van der Waals surface area contributed by atoms with Gasteiger partial charge in [0.25, 0.3) is 0 Å². The van der Waals surface area contributed by atoms with E-state index < -0.39 is 0 Å². The Hall–Kier alpha value is -2.14. The van der Waals surface area contributed by atoms with Crippen LogP contribution in [0.15, 0.2) is 42.7 Å². The average molecular weight is 338 g/mol. The Morgan fingerprint density at radius 1 is 1.28 bits per heavy atom. The maximum absolute atomic E-state index is 13.2. The molecular weight excluding hydrogens is 312 g/mol. The molecule has 1 aromatic heterocycles. The highest BCUT2D eigenvalue weighted by atomic mass is 16.2. The van der Waals surface area contributed by atoms with E-state index in [0.29, 0.717) is 5.91 Å². The fourth-order valence-corrected chi connectivity index (χ4v) is 4.68. The maximum atomic E-state index is 13.2. The predicted octanol–water partition coefficient (Wildman–Crippen LogP) is 2.26. The SMILES string of the molecule is CCN1CC[C@@]2(CN(Cc3cnn(C)c3)C[C@H]2c2ccccc2)C1=O. The van der Waals surface area contributed by atoms with Gasteiger partial charge in [-0.1, -0.05) is 30.3 Å². The van der Waals surface area contributed by atoms with E-state index in [4.69, 9.17) is 0 Å². The van der Waals surface area contributed by atoms with Crippen molar-refractivity contribution in [3.63, 3.8) is 0 Å². The van der Waals surface area contributed by atoms with Gasteiger partial charge >= 0.3 is 0 Å². The lowest BCUT2D eigenvalue weighted by atomic mass is 9.73. The first-order valence-electron chi connectivity index (χ1n) is 9.16. The molecule has 2 aliphatic heterocycles. The standard InChI is InChI=1S/C20H26N4O/c1-3-24-10-9-20(19(24)25)15-23(13-16-11-21-22(2)12-16)14-18(20)17-7-5-4-6-8-17/h4-8,11-12,18H,3,9-10,13-15H2,1-2H3/t18-,20-/m0/s1. The number of carbonyl (C=O) groups is 1. The van der Waals surface area contributed by atoms with Crippen molar-refractivity contribution >= 4 is 5.91 Å². The molecule has 1 aromatic carbocycles. The monoisotopic (exact) mass is 338 g/mol. The van der Waals surface area contributed by atoms with E-state index in [2.05, 4.69) is 47.4 Å². The second-order valence-electron chi connectivity index (χ2n) is 7.45. The van der Waals surface area contributed by atoms with Gasteiger partial charge < -0.3 is 4.90 Å². The minimum Gasteiger partial charge on any atom is -0.342 e. The number of aromatic nitrogens is 2. The van der Waals surface area contributed by atoms with Crippen LogP contribution >= 0.6 is 0 Å². The Bertz CT molecular complexity index is 756. The average Bonchev–Trinajstić information content (AvgIpc) is 3.29. The van der Waals surface area contributed by atoms with Gasteiger partial charge in [0.2, 0.25) is 5.91 Å². The summed E-state index contributed by atoms with van der Waals surface area (Å²) >= 11 is 0. The van der Waals surface area contributed by atoms with Crippen LogP contribution in [0.25, 0.3) is 0 Å². The van der Waals surface area contributed by atoms with E-state index in [9.17, 15) is 4.79 Å². The molecule has 2 aromatic rings. The molecule has 0 saturated carbocycles. The van der Waals surface area contributed by atoms with Crippen LogP contribution < -0.4 is 0 Å². The van der Waals surface area contributed by atoms with Crippen molar-refractivity contribution in [2.45, 2.75) is 25.8 Å². The topological polar surface area (TPSA) is 41.4 Å². The van der Waals surface area contributed by atoms with Crippen LogP contribution in [0.4, 0.5) is 0 Å². The van der Waals surface area contributed by atoms with Crippen LogP contribution in [-0.4, -0.2) is 51.7 Å². The summed E-state index contributed by atoms with van der Waals surface area (Å²) in [7, 11) is 1.95. The molecule has 2 saturated heterocycles. The van der Waals surface area contributed by atoms with Gasteiger partial charge in [-0.05, 0) is 18.9 Å². The first-order valence-corrected chi connectivity index (χ1v) is 9.16. The first kappa shape index (κ1) is 16.3. The summed E-state index contributed by atoms with van der Waals surface area (Å²) in [5.41, 5.74) is 2.24. The van der Waals surface area contributed by atoms with E-state index in [-0.39, 0.29) is 11.3 Å². The summed E-state index contributed by atoms with van der Waals surface area (Å²) in [5, 5.41) is 4.28. The Balaban J connectivity index is 1.64. The third-order valence-corrected chi connectivity index (χ3v) is 5.90. The van der Waals surface area contributed by atoms with Crippen LogP contribution in [-0.2, 0) is 18.4 Å². The van der Waals surface area contributed by atoms with Crippen LogP contribution in [0.3, 0.4) is 0 Å². The highest BCUT2D eigenvalue weighted by Crippen LogP contribution is 2.50. The normalized spacial score (nSPS) is 26.9. The molecule has 2 atom stereocenters. The largest absolute Gasteiger partial charge is 0.342 e. The summed E-state index contributed by atoms with van der Waals surface area (Å²) in [6.07, 6.45) is 4.96. The van der Waals surface area contributed by atoms with E-state index >= 15 is 0 Å². The molecule has 1 amide bonds. The van der Waals surface area contributed by atoms with E-state index in [0.717, 1.165) is 39.1 Å². The number of benzene rings is 1. The lowest BCUT2D eigenvalue weighted by molar-refractivity contribution is -0.136. The van der Waals surface area contributed by atoms with Gasteiger partial charge in [0.15, 0.2) is 0 Å². The predicted molar refractivity (Wildman–Crippen MR) is 97.0 cm³/mol. The second kappa shape index (κ2) is 6.30. The van der Waals surface area contributed by atoms with Gasteiger partial charge in [-0.25, -0.2) is 0 Å². The molecule has 0 aliphatic carbocycles. The number of hydrogen-bond donors (Lipinski definition) is 0. The van der Waals surface area contributed by atoms with Gasteiger partial charge in [0.05, 0.1) is 11.6 Å². The fourth-order valence-electron chi connectivity index (χ4n) is 4.68. The number of nitrogens with zero attached hydrogens (tertiary/aromatic N) is 4. The molecule has 5 heteroatoms. The molecule has 0 unspecified atom stereocenters. The molecule has 3 heterocycles. The zero-order chi connectivity index (χ0) is 17.4. The quantitative estimate of drug-likeness (QED) is 0.859. The molecule has 1 spiro atoms. The third-order valence-electron chi connectivity index (χ3n) is 5.90. The number of likely N-dealkylation sites (tertiary alicyclic amines) is 2. The molecule has 0 radical (unpaired) electrons. The van der Waals surface area contributed by atoms with Crippen molar-refractivity contribution in [2.75, 3.05) is 26.2 Å². The van der Waals surface area contributed by atoms with Crippen LogP contribution in [0.2, 0.25) is 0 Å². The lowest BCUT2D eigenvalue weighted by Crippen LogP contribution is -2.39. The van der Waals surface area contributed by atoms with Gasteiger partial charge in [-0.3, -0.25) is 14.4 Å². The fraction of sp³-hybridized carbons (Fsp3) is 0.500. The van der Waals surface area contributed by atoms with Gasteiger partial charge in [0.1, 0.15) is 0 Å². The first-order chi connectivity index (χ1) is 12.1. The zero-order valence-corrected chi connectivity index (χ0v) is 15.1. The summed E-state index contributed by atoms with van der Waals surface area (Å²) < 4.78 is 1.84. The Labute approximate surface area is 149 Å². The van der Waals surface area contributed by atoms with E-state index in [1.54, 1.807) is 0 Å². The van der Waals surface area contributed by atoms with E-state index in [1.165, 1.54) is 11.1 Å². The molecule has 2 fully saturated rings. The minimum atomic E-state index is -0.264. The maximum Gasteiger partial charge on any atom is 0.230 e. The van der Waals surface area contributed by atoms with Crippen molar-refractivity contribution in [3.8, 4) is 0 Å². The molecule has 25 heavy (non-hydrogen) atoms. The van der Waals surface area contributed by atoms with Crippen LogP contribution in [0.1, 0.15) is 30.4 Å². The van der Waals surface area contributed by atoms with Crippen molar-refractivity contribution < 1.29 is 4.79 Å². The molecule has 132 valence electrons. The highest BCUT2D eigenvalue weighted by molar-refractivity contribution is 5.87. The van der Waals surface area contributed by atoms with Gasteiger partial charge in [-0.15, -0.1) is 0 Å². The minimum absolute atomic E-state index is 0.264. The summed E-state index contributed by atoms with van der Waals surface area (Å²) in [6.45, 7) is 6.41. The summed E-state index contributed by atoms with van der Waals surface area (Å²) in [4.78, 5) is 17.7. The summed E-state index contributed by atoms with van der Waals surface area (Å²) in [5.74, 6) is 0.618. The third kappa shape index (κ3) is 2.76. The van der Waals surface area contributed by atoms with Crippen molar-refractivity contribution in [1.29, 1.82) is 0 Å². The Morgan fingerprint density at radius 2 is 2.08 bits per heavy atom. The van der Waals surface area contributed by atoms with Crippen LogP contribution in [0, 0.1) is 5.41 Å². The van der Waals surface area contributed by atoms with E-state index in [1.807, 2.05) is 28.9 Å². The number of aryl methyl sites for hydroxylation is 1. The van der Waals surface area contributed by atoms with Gasteiger partial charge in [-0.2, -0.15) is 5.10 Å². The number of rotatable bonds is 4. The summed E-state index contributed by atoms with van der Waals surface area (Å²) in [6, 6.07) is 10.6. The highest BCUT2D eigenvalue weighted by Gasteiger charge is 2.56. The molecule has 5 nitrogen and oxygen atoms in total. The molecule has 2 aliphatic rings. The van der Waals surface area contributed by atoms with Crippen molar-refractivity contribution in [2.24, 2.45) is 12.5 Å². The number of carbonyl (C=O) groups excluding carboxylic acids is 1. The van der Waals surface area contributed by atoms with Crippen LogP contribution in [0.5, 0.6) is 0 Å². The molecular formula is C20H26N4O. The molecule has 0 N–H and O–H groups in total. The number of hydrogen-bond acceptors (Lipinski definition) is 3. The van der Waals surface area contributed by atoms with Crippen molar-refractivity contribution in [1.82, 2.24) is 19.6 Å². The molecule has 0 bridgehead atoms. The number of amides is 1. The smallest absolute Gasteiger partial charge is 0.230 e. The van der Waals surface area contributed by atoms with Gasteiger partial charge in [0, 0.05) is 57.4 Å². The van der Waals surface area contributed by atoms with Crippen molar-refractivity contribution in [3.05, 3.63) is 53.9 Å². The second-order valence-corrected chi connectivity index (χ2v) is 7.45. The Morgan fingerprint density at radius 3 is 2.72 bits per heavy atom. The Kier molecular flexibility index (Phi) is 4.12. The molecule has 4 rings (SSSR count).